The van der Waals surface area contributed by atoms with E-state index >= 15 is 0 Å². The van der Waals surface area contributed by atoms with Gasteiger partial charge in [0.2, 0.25) is 5.91 Å². The number of amides is 2. The molecule has 3 N–H and O–H groups in total. The maximum atomic E-state index is 13.1. The Morgan fingerprint density at radius 3 is 2.23 bits per heavy atom. The van der Waals surface area contributed by atoms with Crippen molar-refractivity contribution in [1.29, 1.82) is 0 Å². The molecule has 0 saturated carbocycles. The molecule has 1 aliphatic heterocycles. The first-order chi connectivity index (χ1) is 14.6. The second-order valence-electron chi connectivity index (χ2n) is 7.43. The molecule has 0 bridgehead atoms. The summed E-state index contributed by atoms with van der Waals surface area (Å²) < 4.78 is 1.89. The fourth-order valence-corrected chi connectivity index (χ4v) is 3.83. The van der Waals surface area contributed by atoms with Crippen LogP contribution < -0.4 is 16.0 Å². The Labute approximate surface area is 175 Å². The predicted octanol–water partition coefficient (Wildman–Crippen LogP) is 3.55. The van der Waals surface area contributed by atoms with Crippen LogP contribution in [-0.4, -0.2) is 34.7 Å². The van der Waals surface area contributed by atoms with Crippen molar-refractivity contribution in [2.24, 2.45) is 0 Å². The maximum Gasteiger partial charge on any atom is 0.259 e. The lowest BCUT2D eigenvalue weighted by Crippen LogP contribution is -2.29. The summed E-state index contributed by atoms with van der Waals surface area (Å²) in [4.78, 5) is 24.3. The minimum atomic E-state index is -0.182. The van der Waals surface area contributed by atoms with E-state index in [1.165, 1.54) is 6.92 Å². The van der Waals surface area contributed by atoms with Crippen molar-refractivity contribution < 1.29 is 9.59 Å². The standard InChI is InChI=1S/C23H25N5O2/c1-16(29)26-18-7-9-19(10-8-18)27-23(30)21-15-25-28(20-5-3-2-4-6-20)22(21)17-11-13-24-14-12-17/h2-10,15,17,24H,11-14H2,1H3,(H,26,29)(H,27,30). The second kappa shape index (κ2) is 8.92. The third-order valence-electron chi connectivity index (χ3n) is 5.24. The van der Waals surface area contributed by atoms with E-state index in [9.17, 15) is 9.59 Å². The molecular formula is C23H25N5O2. The van der Waals surface area contributed by atoms with Gasteiger partial charge in [0.15, 0.2) is 0 Å². The molecule has 2 heterocycles. The fraction of sp³-hybridized carbons (Fsp3) is 0.261. The van der Waals surface area contributed by atoms with E-state index in [1.54, 1.807) is 30.5 Å². The van der Waals surface area contributed by atoms with Crippen LogP contribution in [0.4, 0.5) is 11.4 Å². The Bertz CT molecular complexity index is 1020. The van der Waals surface area contributed by atoms with Crippen LogP contribution in [0, 0.1) is 0 Å². The molecule has 3 aromatic rings. The molecular weight excluding hydrogens is 378 g/mol. The zero-order valence-corrected chi connectivity index (χ0v) is 16.9. The highest BCUT2D eigenvalue weighted by molar-refractivity contribution is 6.05. The molecule has 154 valence electrons. The van der Waals surface area contributed by atoms with Crippen LogP contribution in [0.1, 0.15) is 41.7 Å². The quantitative estimate of drug-likeness (QED) is 0.608. The number of benzene rings is 2. The lowest BCUT2D eigenvalue weighted by Gasteiger charge is -2.24. The number of para-hydroxylation sites is 1. The summed E-state index contributed by atoms with van der Waals surface area (Å²) >= 11 is 0. The number of aromatic nitrogens is 2. The van der Waals surface area contributed by atoms with Gasteiger partial charge in [-0.25, -0.2) is 4.68 Å². The predicted molar refractivity (Wildman–Crippen MR) is 117 cm³/mol. The van der Waals surface area contributed by atoms with Crippen LogP contribution in [-0.2, 0) is 4.79 Å². The zero-order valence-electron chi connectivity index (χ0n) is 16.9. The molecule has 0 radical (unpaired) electrons. The lowest BCUT2D eigenvalue weighted by atomic mass is 9.91. The highest BCUT2D eigenvalue weighted by Crippen LogP contribution is 2.30. The second-order valence-corrected chi connectivity index (χ2v) is 7.43. The largest absolute Gasteiger partial charge is 0.326 e. The van der Waals surface area contributed by atoms with Crippen molar-refractivity contribution in [1.82, 2.24) is 15.1 Å². The van der Waals surface area contributed by atoms with E-state index in [-0.39, 0.29) is 17.7 Å². The third kappa shape index (κ3) is 4.41. The molecule has 1 aromatic heterocycles. The highest BCUT2D eigenvalue weighted by atomic mass is 16.2. The van der Waals surface area contributed by atoms with Crippen molar-refractivity contribution >= 4 is 23.2 Å². The summed E-state index contributed by atoms with van der Waals surface area (Å²) in [5.74, 6) is -0.0541. The van der Waals surface area contributed by atoms with Gasteiger partial charge in [-0.15, -0.1) is 0 Å². The number of rotatable bonds is 5. The minimum Gasteiger partial charge on any atom is -0.326 e. The van der Waals surface area contributed by atoms with Crippen molar-refractivity contribution in [3.63, 3.8) is 0 Å². The van der Waals surface area contributed by atoms with Crippen molar-refractivity contribution in [2.75, 3.05) is 23.7 Å². The molecule has 7 heteroatoms. The monoisotopic (exact) mass is 403 g/mol. The molecule has 7 nitrogen and oxygen atoms in total. The van der Waals surface area contributed by atoms with E-state index in [1.807, 2.05) is 35.0 Å². The van der Waals surface area contributed by atoms with Gasteiger partial charge >= 0.3 is 0 Å². The third-order valence-corrected chi connectivity index (χ3v) is 5.24. The Morgan fingerprint density at radius 2 is 1.60 bits per heavy atom. The average Bonchev–Trinajstić information content (AvgIpc) is 3.21. The molecule has 30 heavy (non-hydrogen) atoms. The number of nitrogens with zero attached hydrogens (tertiary/aromatic N) is 2. The van der Waals surface area contributed by atoms with Gasteiger partial charge in [0.1, 0.15) is 0 Å². The van der Waals surface area contributed by atoms with E-state index in [0.717, 1.165) is 37.3 Å². The maximum absolute atomic E-state index is 13.1. The van der Waals surface area contributed by atoms with Crippen molar-refractivity contribution in [3.8, 4) is 5.69 Å². The van der Waals surface area contributed by atoms with Crippen LogP contribution in [0.2, 0.25) is 0 Å². The molecule has 1 fully saturated rings. The molecule has 2 aromatic carbocycles. The SMILES string of the molecule is CC(=O)Nc1ccc(NC(=O)c2cnn(-c3ccccc3)c2C2CCNCC2)cc1. The van der Waals surface area contributed by atoms with Gasteiger partial charge in [0.05, 0.1) is 23.1 Å². The van der Waals surface area contributed by atoms with Crippen LogP contribution >= 0.6 is 0 Å². The van der Waals surface area contributed by atoms with Crippen LogP contribution in [0.5, 0.6) is 0 Å². The number of nitrogens with one attached hydrogen (secondary N) is 3. The number of piperidine rings is 1. The first-order valence-corrected chi connectivity index (χ1v) is 10.1. The van der Waals surface area contributed by atoms with Gasteiger partial charge in [-0.3, -0.25) is 9.59 Å². The van der Waals surface area contributed by atoms with Gasteiger partial charge in [0, 0.05) is 24.2 Å². The molecule has 0 aliphatic carbocycles. The summed E-state index contributed by atoms with van der Waals surface area (Å²) in [6.45, 7) is 3.31. The number of carbonyl (C=O) groups is 2. The summed E-state index contributed by atoms with van der Waals surface area (Å²) in [6, 6.07) is 17.0. The first-order valence-electron chi connectivity index (χ1n) is 10.1. The Hall–Kier alpha value is -3.45. The van der Waals surface area contributed by atoms with Crippen LogP contribution in [0.15, 0.2) is 60.8 Å². The summed E-state index contributed by atoms with van der Waals surface area (Å²) in [5.41, 5.74) is 3.85. The Morgan fingerprint density at radius 1 is 0.967 bits per heavy atom. The number of anilines is 2. The van der Waals surface area contributed by atoms with E-state index in [2.05, 4.69) is 21.0 Å². The number of hydrogen-bond donors (Lipinski definition) is 3. The fourth-order valence-electron chi connectivity index (χ4n) is 3.83. The summed E-state index contributed by atoms with van der Waals surface area (Å²) in [6.07, 6.45) is 3.58. The minimum absolute atomic E-state index is 0.133. The molecule has 2 amide bonds. The lowest BCUT2D eigenvalue weighted by molar-refractivity contribution is -0.114. The normalized spacial score (nSPS) is 14.3. The van der Waals surface area contributed by atoms with Crippen LogP contribution in [0.25, 0.3) is 5.69 Å². The topological polar surface area (TPSA) is 88.1 Å². The van der Waals surface area contributed by atoms with E-state index in [4.69, 9.17) is 0 Å². The van der Waals surface area contributed by atoms with Gasteiger partial charge in [-0.2, -0.15) is 5.10 Å². The van der Waals surface area contributed by atoms with Gasteiger partial charge in [-0.1, -0.05) is 18.2 Å². The summed E-state index contributed by atoms with van der Waals surface area (Å²) in [7, 11) is 0. The van der Waals surface area contributed by atoms with Gasteiger partial charge in [-0.05, 0) is 62.3 Å². The Kier molecular flexibility index (Phi) is 5.90. The molecule has 0 spiro atoms. The molecule has 1 aliphatic rings. The molecule has 0 atom stereocenters. The number of carbonyl (C=O) groups excluding carboxylic acids is 2. The van der Waals surface area contributed by atoms with Crippen molar-refractivity contribution in [2.45, 2.75) is 25.7 Å². The molecule has 1 saturated heterocycles. The average molecular weight is 403 g/mol. The molecule has 0 unspecified atom stereocenters. The van der Waals surface area contributed by atoms with Crippen molar-refractivity contribution in [3.05, 3.63) is 72.1 Å². The highest BCUT2D eigenvalue weighted by Gasteiger charge is 2.27. The Balaban J connectivity index is 1.62. The molecule has 4 rings (SSSR count). The van der Waals surface area contributed by atoms with E-state index < -0.39 is 0 Å². The smallest absolute Gasteiger partial charge is 0.259 e. The first kappa shape index (κ1) is 19.8. The van der Waals surface area contributed by atoms with Gasteiger partial charge in [0.25, 0.3) is 5.91 Å². The van der Waals surface area contributed by atoms with Crippen LogP contribution in [0.3, 0.4) is 0 Å². The van der Waals surface area contributed by atoms with Gasteiger partial charge < -0.3 is 16.0 Å². The number of hydrogen-bond acceptors (Lipinski definition) is 4. The zero-order chi connectivity index (χ0) is 20.9. The summed E-state index contributed by atoms with van der Waals surface area (Å²) in [5, 5.41) is 13.6. The van der Waals surface area contributed by atoms with E-state index in [0.29, 0.717) is 16.9 Å².